The molecule has 0 amide bonds. The lowest BCUT2D eigenvalue weighted by Crippen LogP contribution is -2.21. The Morgan fingerprint density at radius 1 is 1.13 bits per heavy atom. The van der Waals surface area contributed by atoms with E-state index in [4.69, 9.17) is 0 Å². The Morgan fingerprint density at radius 3 is 2.13 bits per heavy atom. The van der Waals surface area contributed by atoms with Gasteiger partial charge in [0.1, 0.15) is 5.78 Å². The molecule has 0 spiro atoms. The van der Waals surface area contributed by atoms with E-state index in [0.29, 0.717) is 11.7 Å². The highest BCUT2D eigenvalue weighted by atomic mass is 16.1. The first kappa shape index (κ1) is 12.7. The number of hydrogen-bond acceptors (Lipinski definition) is 1. The highest BCUT2D eigenvalue weighted by Crippen LogP contribution is 2.41. The summed E-state index contributed by atoms with van der Waals surface area (Å²) in [6, 6.07) is 0. The molecular weight excluding hydrogens is 184 g/mol. The molecule has 1 atom stereocenters. The van der Waals surface area contributed by atoms with E-state index in [2.05, 4.69) is 13.8 Å². The van der Waals surface area contributed by atoms with Crippen molar-refractivity contribution in [1.82, 2.24) is 0 Å². The predicted molar refractivity (Wildman–Crippen MR) is 64.7 cm³/mol. The van der Waals surface area contributed by atoms with Gasteiger partial charge in [0.15, 0.2) is 0 Å². The second-order valence-electron chi connectivity index (χ2n) is 5.83. The zero-order valence-electron chi connectivity index (χ0n) is 10.8. The van der Waals surface area contributed by atoms with Gasteiger partial charge in [0.2, 0.25) is 0 Å². The van der Waals surface area contributed by atoms with Crippen LogP contribution in [0.4, 0.5) is 0 Å². The lowest BCUT2D eigenvalue weighted by Gasteiger charge is -2.17. The van der Waals surface area contributed by atoms with E-state index < -0.39 is 0 Å². The van der Waals surface area contributed by atoms with Crippen molar-refractivity contribution in [3.8, 4) is 0 Å². The normalized spacial score (nSPS) is 18.5. The molecule has 1 heteroatoms. The van der Waals surface area contributed by atoms with Gasteiger partial charge in [-0.15, -0.1) is 0 Å². The smallest absolute Gasteiger partial charge is 0.138 e. The van der Waals surface area contributed by atoms with Crippen LogP contribution >= 0.6 is 0 Å². The number of Topliss-reactive ketones (excluding diaryl/α,β-unsaturated/α-hetero) is 1. The minimum Gasteiger partial charge on any atom is -0.299 e. The van der Waals surface area contributed by atoms with Crippen molar-refractivity contribution in [2.75, 3.05) is 0 Å². The summed E-state index contributed by atoms with van der Waals surface area (Å²) in [6.07, 6.45) is 6.24. The van der Waals surface area contributed by atoms with Gasteiger partial charge >= 0.3 is 0 Å². The highest BCUT2D eigenvalue weighted by molar-refractivity contribution is 5.83. The lowest BCUT2D eigenvalue weighted by molar-refractivity contribution is -0.126. The van der Waals surface area contributed by atoms with Gasteiger partial charge in [0, 0.05) is 11.8 Å². The number of ketones is 1. The monoisotopic (exact) mass is 210 g/mol. The van der Waals surface area contributed by atoms with Crippen molar-refractivity contribution in [3.05, 3.63) is 0 Å². The molecule has 0 aromatic rings. The lowest BCUT2D eigenvalue weighted by atomic mass is 9.86. The van der Waals surface area contributed by atoms with Crippen LogP contribution in [-0.4, -0.2) is 5.78 Å². The van der Waals surface area contributed by atoms with Crippen molar-refractivity contribution >= 4 is 5.78 Å². The Hall–Kier alpha value is -0.330. The fraction of sp³-hybridized carbons (Fsp3) is 0.929. The zero-order valence-corrected chi connectivity index (χ0v) is 10.8. The maximum Gasteiger partial charge on any atom is 0.138 e. The Bertz CT molecular complexity index is 201. The summed E-state index contributed by atoms with van der Waals surface area (Å²) in [6.45, 7) is 8.60. The van der Waals surface area contributed by atoms with Crippen LogP contribution in [0.3, 0.4) is 0 Å². The summed E-state index contributed by atoms with van der Waals surface area (Å²) in [4.78, 5) is 12.0. The van der Waals surface area contributed by atoms with E-state index in [1.165, 1.54) is 25.7 Å². The Morgan fingerprint density at radius 2 is 1.73 bits per heavy atom. The van der Waals surface area contributed by atoms with Crippen LogP contribution in [0.15, 0.2) is 0 Å². The van der Waals surface area contributed by atoms with Crippen LogP contribution in [0.5, 0.6) is 0 Å². The van der Waals surface area contributed by atoms with E-state index in [1.807, 2.05) is 13.8 Å². The predicted octanol–water partition coefficient (Wildman–Crippen LogP) is 4.06. The summed E-state index contributed by atoms with van der Waals surface area (Å²) < 4.78 is 0. The van der Waals surface area contributed by atoms with Crippen molar-refractivity contribution < 1.29 is 4.79 Å². The molecule has 1 nitrogen and oxygen atoms in total. The summed E-state index contributed by atoms with van der Waals surface area (Å²) in [7, 11) is 0. The standard InChI is InChI=1S/C14H26O/c1-10(2)6-5-7-13(12-8-9-12)14(15)11(3)4/h10-13H,5-9H2,1-4H3/t13-/m1/s1. The zero-order chi connectivity index (χ0) is 11.4. The fourth-order valence-electron chi connectivity index (χ4n) is 2.28. The molecule has 88 valence electrons. The maximum atomic E-state index is 12.0. The van der Waals surface area contributed by atoms with Crippen LogP contribution in [0, 0.1) is 23.7 Å². The SMILES string of the molecule is CC(C)CCC[C@@H](C(=O)C(C)C)C1CC1. The summed E-state index contributed by atoms with van der Waals surface area (Å²) in [5, 5.41) is 0. The Labute approximate surface area is 94.6 Å². The molecule has 0 N–H and O–H groups in total. The number of rotatable bonds is 7. The van der Waals surface area contributed by atoms with Crippen molar-refractivity contribution in [2.45, 2.75) is 59.8 Å². The molecule has 0 aromatic heterocycles. The Balaban J connectivity index is 2.34. The van der Waals surface area contributed by atoms with Gasteiger partial charge in [-0.3, -0.25) is 4.79 Å². The van der Waals surface area contributed by atoms with Gasteiger partial charge in [0.05, 0.1) is 0 Å². The molecule has 0 saturated heterocycles. The number of hydrogen-bond donors (Lipinski definition) is 0. The van der Waals surface area contributed by atoms with Gasteiger partial charge in [-0.25, -0.2) is 0 Å². The summed E-state index contributed by atoms with van der Waals surface area (Å²) >= 11 is 0. The number of carbonyl (C=O) groups excluding carboxylic acids is 1. The quantitative estimate of drug-likeness (QED) is 0.619. The van der Waals surface area contributed by atoms with Crippen LogP contribution in [0.2, 0.25) is 0 Å². The van der Waals surface area contributed by atoms with E-state index in [0.717, 1.165) is 18.3 Å². The van der Waals surface area contributed by atoms with Crippen molar-refractivity contribution in [2.24, 2.45) is 23.7 Å². The first-order valence-corrected chi connectivity index (χ1v) is 6.56. The average Bonchev–Trinajstić information content (AvgIpc) is 2.94. The van der Waals surface area contributed by atoms with Gasteiger partial charge in [-0.05, 0) is 31.1 Å². The van der Waals surface area contributed by atoms with Gasteiger partial charge in [-0.1, -0.05) is 40.5 Å². The van der Waals surface area contributed by atoms with Crippen LogP contribution in [0.1, 0.15) is 59.8 Å². The highest BCUT2D eigenvalue weighted by Gasteiger charge is 2.36. The topological polar surface area (TPSA) is 17.1 Å². The number of carbonyl (C=O) groups is 1. The molecule has 1 fully saturated rings. The van der Waals surface area contributed by atoms with Crippen LogP contribution < -0.4 is 0 Å². The Kier molecular flexibility index (Phi) is 4.82. The average molecular weight is 210 g/mol. The first-order valence-electron chi connectivity index (χ1n) is 6.56. The molecular formula is C14H26O. The maximum absolute atomic E-state index is 12.0. The third-order valence-electron chi connectivity index (χ3n) is 3.42. The van der Waals surface area contributed by atoms with Crippen LogP contribution in [0.25, 0.3) is 0 Å². The molecule has 0 unspecified atom stereocenters. The molecule has 0 bridgehead atoms. The van der Waals surface area contributed by atoms with Gasteiger partial charge < -0.3 is 0 Å². The second-order valence-corrected chi connectivity index (χ2v) is 5.83. The minimum absolute atomic E-state index is 0.231. The largest absolute Gasteiger partial charge is 0.299 e. The molecule has 0 radical (unpaired) electrons. The molecule has 1 aliphatic rings. The van der Waals surface area contributed by atoms with E-state index in [9.17, 15) is 4.79 Å². The van der Waals surface area contributed by atoms with Crippen LogP contribution in [-0.2, 0) is 4.79 Å². The van der Waals surface area contributed by atoms with E-state index in [1.54, 1.807) is 0 Å². The van der Waals surface area contributed by atoms with Gasteiger partial charge in [0.25, 0.3) is 0 Å². The molecule has 1 aliphatic carbocycles. The summed E-state index contributed by atoms with van der Waals surface area (Å²) in [5.74, 6) is 2.66. The van der Waals surface area contributed by atoms with Crippen molar-refractivity contribution in [1.29, 1.82) is 0 Å². The molecule has 1 rings (SSSR count). The third kappa shape index (κ3) is 4.36. The van der Waals surface area contributed by atoms with Crippen molar-refractivity contribution in [3.63, 3.8) is 0 Å². The molecule has 0 heterocycles. The molecule has 0 aromatic carbocycles. The molecule has 0 aliphatic heterocycles. The molecule has 1 saturated carbocycles. The molecule has 15 heavy (non-hydrogen) atoms. The summed E-state index contributed by atoms with van der Waals surface area (Å²) in [5.41, 5.74) is 0. The third-order valence-corrected chi connectivity index (χ3v) is 3.42. The minimum atomic E-state index is 0.231. The fourth-order valence-corrected chi connectivity index (χ4v) is 2.28. The van der Waals surface area contributed by atoms with E-state index >= 15 is 0 Å². The second kappa shape index (κ2) is 5.67. The van der Waals surface area contributed by atoms with E-state index in [-0.39, 0.29) is 5.92 Å². The van der Waals surface area contributed by atoms with Gasteiger partial charge in [-0.2, -0.15) is 0 Å². The first-order chi connectivity index (χ1) is 7.02.